The third-order valence-corrected chi connectivity index (χ3v) is 6.93. The lowest BCUT2D eigenvalue weighted by molar-refractivity contribution is 0.102. The van der Waals surface area contributed by atoms with Gasteiger partial charge in [-0.15, -0.1) is 11.3 Å². The summed E-state index contributed by atoms with van der Waals surface area (Å²) in [6.45, 7) is 8.19. The quantitative estimate of drug-likeness (QED) is 0.568. The molecule has 0 aliphatic heterocycles. The van der Waals surface area contributed by atoms with Crippen LogP contribution in [0, 0.1) is 18.2 Å². The Morgan fingerprint density at radius 2 is 2.06 bits per heavy atom. The van der Waals surface area contributed by atoms with Gasteiger partial charge in [-0.25, -0.2) is 9.49 Å². The zero-order chi connectivity index (χ0) is 22.3. The van der Waals surface area contributed by atoms with Crippen LogP contribution in [0.5, 0.6) is 0 Å². The Morgan fingerprint density at radius 1 is 1.29 bits per heavy atom. The molecule has 0 unspecified atom stereocenters. The van der Waals surface area contributed by atoms with E-state index in [9.17, 15) is 14.0 Å². The topological polar surface area (TPSA) is 74.8 Å². The first-order valence-electron chi connectivity index (χ1n) is 10.5. The number of hydrogen-bond acceptors (Lipinski definition) is 4. The number of halogens is 1. The van der Waals surface area contributed by atoms with E-state index in [4.69, 9.17) is 0 Å². The summed E-state index contributed by atoms with van der Waals surface area (Å²) in [4.78, 5) is 26.7. The number of rotatable bonds is 5. The second-order valence-electron chi connectivity index (χ2n) is 8.98. The first-order valence-corrected chi connectivity index (χ1v) is 11.3. The largest absolute Gasteiger partial charge is 0.319 e. The number of H-pyrrole nitrogens is 1. The van der Waals surface area contributed by atoms with Crippen LogP contribution in [0.4, 0.5) is 10.1 Å². The van der Waals surface area contributed by atoms with Gasteiger partial charge < -0.3 is 5.32 Å². The van der Waals surface area contributed by atoms with Gasteiger partial charge in [0.15, 0.2) is 0 Å². The van der Waals surface area contributed by atoms with E-state index in [-0.39, 0.29) is 22.6 Å². The molecule has 2 aromatic heterocycles. The fourth-order valence-corrected chi connectivity index (χ4v) is 5.55. The molecule has 0 fully saturated rings. The van der Waals surface area contributed by atoms with E-state index in [1.165, 1.54) is 27.8 Å². The highest BCUT2D eigenvalue weighted by molar-refractivity contribution is 7.14. The summed E-state index contributed by atoms with van der Waals surface area (Å²) in [7, 11) is 0. The maximum absolute atomic E-state index is 14.7. The Morgan fingerprint density at radius 3 is 2.77 bits per heavy atom. The van der Waals surface area contributed by atoms with Crippen molar-refractivity contribution in [2.24, 2.45) is 5.41 Å². The molecule has 3 aromatic rings. The molecule has 1 aromatic carbocycles. The van der Waals surface area contributed by atoms with Gasteiger partial charge in [0.05, 0.1) is 16.3 Å². The molecular weight excluding hydrogens is 413 g/mol. The van der Waals surface area contributed by atoms with E-state index in [0.29, 0.717) is 33.7 Å². The van der Waals surface area contributed by atoms with Crippen molar-refractivity contribution < 1.29 is 9.18 Å². The molecule has 0 saturated heterocycles. The predicted molar refractivity (Wildman–Crippen MR) is 122 cm³/mol. The van der Waals surface area contributed by atoms with Crippen molar-refractivity contribution in [3.05, 3.63) is 66.9 Å². The lowest BCUT2D eigenvalue weighted by Gasteiger charge is -2.16. The smallest absolute Gasteiger partial charge is 0.267 e. The first kappa shape index (κ1) is 21.4. The van der Waals surface area contributed by atoms with E-state index in [1.807, 2.05) is 13.0 Å². The predicted octanol–water partition coefficient (Wildman–Crippen LogP) is 5.28. The minimum atomic E-state index is -0.502. The molecular formula is C24H26FN3O2S. The molecule has 0 saturated carbocycles. The molecule has 0 atom stereocenters. The van der Waals surface area contributed by atoms with Crippen molar-refractivity contribution in [1.29, 1.82) is 0 Å². The van der Waals surface area contributed by atoms with Gasteiger partial charge in [0.2, 0.25) is 0 Å². The summed E-state index contributed by atoms with van der Waals surface area (Å²) in [6.07, 6.45) is 3.38. The standard InChI is InChI=1S/C24H26FN3O2S/c1-5-6-14-9-18(27-28-22(14)29)16-7-8-17(25)21(13(16)2)26-23(30)19-10-15-11-24(3,4)12-20(15)31-19/h7-10H,5-6,11-12H2,1-4H3,(H,26,30)(H,28,29). The van der Waals surface area contributed by atoms with Crippen molar-refractivity contribution >= 4 is 22.9 Å². The number of carbonyl (C=O) groups excluding carboxylic acids is 1. The molecule has 0 spiro atoms. The summed E-state index contributed by atoms with van der Waals surface area (Å²) < 4.78 is 14.7. The van der Waals surface area contributed by atoms with Gasteiger partial charge in [-0.2, -0.15) is 5.10 Å². The average Bonchev–Trinajstić information content (AvgIpc) is 3.21. The number of anilines is 1. The summed E-state index contributed by atoms with van der Waals surface area (Å²) in [5, 5.41) is 9.42. The molecule has 2 N–H and O–H groups in total. The molecule has 31 heavy (non-hydrogen) atoms. The number of carbonyl (C=O) groups is 1. The van der Waals surface area contributed by atoms with Crippen LogP contribution in [-0.4, -0.2) is 16.1 Å². The van der Waals surface area contributed by atoms with Gasteiger partial charge >= 0.3 is 0 Å². The zero-order valence-corrected chi connectivity index (χ0v) is 19.0. The van der Waals surface area contributed by atoms with Gasteiger partial charge in [-0.1, -0.05) is 27.2 Å². The molecule has 5 nitrogen and oxygen atoms in total. The lowest BCUT2D eigenvalue weighted by Crippen LogP contribution is -2.16. The van der Waals surface area contributed by atoms with E-state index < -0.39 is 5.82 Å². The molecule has 1 aliphatic carbocycles. The Labute approximate surface area is 184 Å². The fourth-order valence-electron chi connectivity index (χ4n) is 4.21. The number of amides is 1. The summed E-state index contributed by atoms with van der Waals surface area (Å²) in [6, 6.07) is 6.61. The monoisotopic (exact) mass is 439 g/mol. The highest BCUT2D eigenvalue weighted by Gasteiger charge is 2.31. The van der Waals surface area contributed by atoms with Crippen LogP contribution >= 0.6 is 11.3 Å². The normalized spacial score (nSPS) is 14.5. The van der Waals surface area contributed by atoms with Crippen molar-refractivity contribution in [3.63, 3.8) is 0 Å². The van der Waals surface area contributed by atoms with Crippen LogP contribution < -0.4 is 10.9 Å². The zero-order valence-electron chi connectivity index (χ0n) is 18.2. The number of nitrogens with zero attached hydrogens (tertiary/aromatic N) is 1. The summed E-state index contributed by atoms with van der Waals surface area (Å²) in [5.41, 5.74) is 3.79. The molecule has 7 heteroatoms. The molecule has 0 radical (unpaired) electrons. The van der Waals surface area contributed by atoms with Crippen LogP contribution in [0.25, 0.3) is 11.3 Å². The number of hydrogen-bond donors (Lipinski definition) is 2. The van der Waals surface area contributed by atoms with Crippen LogP contribution in [0.15, 0.2) is 29.1 Å². The summed E-state index contributed by atoms with van der Waals surface area (Å²) in [5.74, 6) is -0.810. The third kappa shape index (κ3) is 4.19. The highest BCUT2D eigenvalue weighted by atomic mass is 32.1. The Kier molecular flexibility index (Phi) is 5.56. The molecule has 0 bridgehead atoms. The van der Waals surface area contributed by atoms with Gasteiger partial charge in [0.25, 0.3) is 11.5 Å². The second-order valence-corrected chi connectivity index (χ2v) is 10.1. The van der Waals surface area contributed by atoms with E-state index in [0.717, 1.165) is 19.3 Å². The third-order valence-electron chi connectivity index (χ3n) is 5.76. The maximum atomic E-state index is 14.7. The van der Waals surface area contributed by atoms with E-state index in [2.05, 4.69) is 29.4 Å². The number of thiophene rings is 1. The van der Waals surface area contributed by atoms with Crippen molar-refractivity contribution in [2.75, 3.05) is 5.32 Å². The molecule has 2 heterocycles. The second kappa shape index (κ2) is 8.04. The Bertz CT molecular complexity index is 1200. The van der Waals surface area contributed by atoms with Gasteiger partial charge in [-0.05, 0) is 67.0 Å². The van der Waals surface area contributed by atoms with E-state index in [1.54, 1.807) is 19.1 Å². The number of aromatic amines is 1. The summed E-state index contributed by atoms with van der Waals surface area (Å²) >= 11 is 1.49. The number of benzene rings is 1. The fraction of sp³-hybridized carbons (Fsp3) is 0.375. The van der Waals surface area contributed by atoms with Crippen molar-refractivity contribution in [3.8, 4) is 11.3 Å². The lowest BCUT2D eigenvalue weighted by atomic mass is 9.91. The number of fused-ring (bicyclic) bond motifs is 1. The maximum Gasteiger partial charge on any atom is 0.267 e. The minimum Gasteiger partial charge on any atom is -0.319 e. The van der Waals surface area contributed by atoms with Crippen molar-refractivity contribution in [2.45, 2.75) is 53.4 Å². The van der Waals surface area contributed by atoms with Crippen LogP contribution in [0.2, 0.25) is 0 Å². The van der Waals surface area contributed by atoms with Crippen LogP contribution in [0.1, 0.15) is 58.4 Å². The molecule has 1 aliphatic rings. The SMILES string of the molecule is CCCc1cc(-c2ccc(F)c(NC(=O)c3cc4c(s3)CC(C)(C)C4)c2C)n[nH]c1=O. The number of aryl methyl sites for hydroxylation is 1. The first-order chi connectivity index (χ1) is 14.7. The molecule has 162 valence electrons. The van der Waals surface area contributed by atoms with Crippen LogP contribution in [0.3, 0.4) is 0 Å². The van der Waals surface area contributed by atoms with Crippen LogP contribution in [-0.2, 0) is 19.3 Å². The molecule has 1 amide bonds. The van der Waals surface area contributed by atoms with Crippen molar-refractivity contribution in [1.82, 2.24) is 10.2 Å². The van der Waals surface area contributed by atoms with Gasteiger partial charge in [0.1, 0.15) is 5.82 Å². The van der Waals surface area contributed by atoms with Gasteiger partial charge in [0, 0.05) is 16.0 Å². The Hall–Kier alpha value is -2.80. The number of nitrogens with one attached hydrogen (secondary N) is 2. The minimum absolute atomic E-state index is 0.140. The van der Waals surface area contributed by atoms with E-state index >= 15 is 0 Å². The highest BCUT2D eigenvalue weighted by Crippen LogP contribution is 2.41. The number of aromatic nitrogens is 2. The Balaban J connectivity index is 1.64. The van der Waals surface area contributed by atoms with Gasteiger partial charge in [-0.3, -0.25) is 9.59 Å². The average molecular weight is 440 g/mol. The molecule has 4 rings (SSSR count).